The molecule has 0 fully saturated rings. The molecule has 0 aliphatic heterocycles. The van der Waals surface area contributed by atoms with Crippen molar-refractivity contribution in [2.45, 2.75) is 25.8 Å². The molecule has 0 radical (unpaired) electrons. The molecule has 1 aromatic carbocycles. The summed E-state index contributed by atoms with van der Waals surface area (Å²) < 4.78 is 17.7. The van der Waals surface area contributed by atoms with Gasteiger partial charge in [0.2, 0.25) is 0 Å². The number of aromatic nitrogens is 2. The van der Waals surface area contributed by atoms with Crippen LogP contribution in [0.15, 0.2) is 18.2 Å². The fourth-order valence-corrected chi connectivity index (χ4v) is 2.71. The van der Waals surface area contributed by atoms with E-state index in [0.717, 1.165) is 17.0 Å². The minimum absolute atomic E-state index is 0.123. The number of rotatable bonds is 4. The van der Waals surface area contributed by atoms with E-state index in [4.69, 9.17) is 17.3 Å². The third-order valence-electron chi connectivity index (χ3n) is 2.73. The van der Waals surface area contributed by atoms with Gasteiger partial charge in [0.05, 0.1) is 15.6 Å². The van der Waals surface area contributed by atoms with Crippen molar-refractivity contribution in [1.82, 2.24) is 9.59 Å². The van der Waals surface area contributed by atoms with Crippen molar-refractivity contribution >= 4 is 23.1 Å². The summed E-state index contributed by atoms with van der Waals surface area (Å²) in [7, 11) is 0. The molecule has 2 aromatic rings. The largest absolute Gasteiger partial charge is 0.323 e. The van der Waals surface area contributed by atoms with Crippen LogP contribution >= 0.6 is 23.1 Å². The van der Waals surface area contributed by atoms with Crippen molar-refractivity contribution < 1.29 is 4.39 Å². The molecule has 96 valence electrons. The highest BCUT2D eigenvalue weighted by atomic mass is 35.5. The number of benzene rings is 1. The summed E-state index contributed by atoms with van der Waals surface area (Å²) in [5.41, 5.74) is 7.49. The van der Waals surface area contributed by atoms with E-state index in [9.17, 15) is 4.39 Å². The second-order valence-electron chi connectivity index (χ2n) is 3.96. The van der Waals surface area contributed by atoms with Crippen LogP contribution in [-0.2, 0) is 12.8 Å². The summed E-state index contributed by atoms with van der Waals surface area (Å²) in [5.74, 6) is -0.398. The number of hydrogen-bond donors (Lipinski definition) is 1. The van der Waals surface area contributed by atoms with Gasteiger partial charge in [-0.25, -0.2) is 4.39 Å². The highest BCUT2D eigenvalue weighted by molar-refractivity contribution is 7.05. The fraction of sp³-hybridized carbons (Fsp3) is 0.333. The lowest BCUT2D eigenvalue weighted by Crippen LogP contribution is -2.14. The predicted octanol–water partition coefficient (Wildman–Crippen LogP) is 3.14. The molecule has 1 heterocycles. The van der Waals surface area contributed by atoms with E-state index in [2.05, 4.69) is 9.59 Å². The Bertz CT molecular complexity index is 544. The Morgan fingerprint density at radius 3 is 3.00 bits per heavy atom. The van der Waals surface area contributed by atoms with E-state index in [1.807, 2.05) is 6.92 Å². The Kier molecular flexibility index (Phi) is 4.27. The zero-order valence-corrected chi connectivity index (χ0v) is 11.4. The number of nitrogens with two attached hydrogens (primary N) is 1. The summed E-state index contributed by atoms with van der Waals surface area (Å²) >= 11 is 7.01. The Morgan fingerprint density at radius 1 is 1.50 bits per heavy atom. The molecule has 0 spiro atoms. The quantitative estimate of drug-likeness (QED) is 0.939. The van der Waals surface area contributed by atoms with Crippen LogP contribution in [0.2, 0.25) is 5.02 Å². The van der Waals surface area contributed by atoms with Gasteiger partial charge in [-0.05, 0) is 36.0 Å². The lowest BCUT2D eigenvalue weighted by molar-refractivity contribution is 0.594. The molecular formula is C12H13ClFN3S. The zero-order valence-electron chi connectivity index (χ0n) is 9.86. The van der Waals surface area contributed by atoms with Gasteiger partial charge in [0, 0.05) is 6.04 Å². The molecule has 0 saturated carbocycles. The van der Waals surface area contributed by atoms with E-state index in [1.54, 1.807) is 12.1 Å². The molecule has 0 aliphatic rings. The first-order valence-electron chi connectivity index (χ1n) is 5.63. The maximum Gasteiger partial charge on any atom is 0.145 e. The van der Waals surface area contributed by atoms with Gasteiger partial charge in [-0.1, -0.05) is 35.1 Å². The zero-order chi connectivity index (χ0) is 13.1. The molecule has 3 nitrogen and oxygen atoms in total. The Hall–Kier alpha value is -1.04. The van der Waals surface area contributed by atoms with Crippen molar-refractivity contribution in [2.24, 2.45) is 5.73 Å². The van der Waals surface area contributed by atoms with Gasteiger partial charge in [-0.15, -0.1) is 5.10 Å². The highest BCUT2D eigenvalue weighted by Crippen LogP contribution is 2.25. The molecule has 1 unspecified atom stereocenters. The average molecular weight is 286 g/mol. The summed E-state index contributed by atoms with van der Waals surface area (Å²) in [4.78, 5) is 0.914. The predicted molar refractivity (Wildman–Crippen MR) is 71.3 cm³/mol. The summed E-state index contributed by atoms with van der Waals surface area (Å²) in [6.45, 7) is 1.99. The van der Waals surface area contributed by atoms with Crippen LogP contribution in [0.1, 0.15) is 29.1 Å². The van der Waals surface area contributed by atoms with Gasteiger partial charge in [0.1, 0.15) is 5.82 Å². The van der Waals surface area contributed by atoms with Gasteiger partial charge in [0.15, 0.2) is 0 Å². The minimum Gasteiger partial charge on any atom is -0.323 e. The molecular weight excluding hydrogens is 273 g/mol. The van der Waals surface area contributed by atoms with Crippen LogP contribution in [0, 0.1) is 5.82 Å². The summed E-state index contributed by atoms with van der Waals surface area (Å²) in [6.07, 6.45) is 1.17. The number of aryl methyl sites for hydroxylation is 1. The van der Waals surface area contributed by atoms with E-state index < -0.39 is 5.82 Å². The smallest absolute Gasteiger partial charge is 0.145 e. The van der Waals surface area contributed by atoms with Crippen LogP contribution in [0.3, 0.4) is 0 Å². The Labute approximate surface area is 114 Å². The van der Waals surface area contributed by atoms with Gasteiger partial charge in [-0.3, -0.25) is 0 Å². The third kappa shape index (κ3) is 2.68. The number of hydrogen-bond acceptors (Lipinski definition) is 4. The van der Waals surface area contributed by atoms with Crippen LogP contribution < -0.4 is 5.73 Å². The maximum absolute atomic E-state index is 13.8. The summed E-state index contributed by atoms with van der Waals surface area (Å²) in [6, 6.07) is 4.64. The fourth-order valence-electron chi connectivity index (χ4n) is 1.78. The average Bonchev–Trinajstić information content (AvgIpc) is 2.83. The van der Waals surface area contributed by atoms with Crippen molar-refractivity contribution in [3.05, 3.63) is 45.2 Å². The molecule has 2 rings (SSSR count). The van der Waals surface area contributed by atoms with Crippen molar-refractivity contribution in [3.8, 4) is 0 Å². The van der Waals surface area contributed by atoms with E-state index in [1.165, 1.54) is 17.6 Å². The SMILES string of the molecule is CCc1nnsc1C(N)Cc1cccc(Cl)c1F. The van der Waals surface area contributed by atoms with Crippen LogP contribution in [0.4, 0.5) is 4.39 Å². The topological polar surface area (TPSA) is 51.8 Å². The Balaban J connectivity index is 2.21. The Morgan fingerprint density at radius 2 is 2.28 bits per heavy atom. The standard InChI is InChI=1S/C12H13ClFN3S/c1-2-10-12(18-17-16-10)9(15)6-7-4-3-5-8(13)11(7)14/h3-5,9H,2,6,15H2,1H3. The monoisotopic (exact) mass is 285 g/mol. The second-order valence-corrected chi connectivity index (χ2v) is 5.15. The van der Waals surface area contributed by atoms with E-state index in [0.29, 0.717) is 12.0 Å². The van der Waals surface area contributed by atoms with Crippen LogP contribution in [0.5, 0.6) is 0 Å². The first-order valence-corrected chi connectivity index (χ1v) is 6.78. The van der Waals surface area contributed by atoms with Gasteiger partial charge in [0.25, 0.3) is 0 Å². The molecule has 0 aliphatic carbocycles. The molecule has 0 amide bonds. The molecule has 1 aromatic heterocycles. The molecule has 0 saturated heterocycles. The first kappa shape index (κ1) is 13.4. The first-order chi connectivity index (χ1) is 8.63. The normalized spacial score (nSPS) is 12.7. The third-order valence-corrected chi connectivity index (χ3v) is 3.92. The highest BCUT2D eigenvalue weighted by Gasteiger charge is 2.17. The van der Waals surface area contributed by atoms with Crippen molar-refractivity contribution in [1.29, 1.82) is 0 Å². The molecule has 18 heavy (non-hydrogen) atoms. The molecule has 1 atom stereocenters. The van der Waals surface area contributed by atoms with Gasteiger partial charge < -0.3 is 5.73 Å². The lowest BCUT2D eigenvalue weighted by atomic mass is 10.0. The van der Waals surface area contributed by atoms with E-state index >= 15 is 0 Å². The molecule has 6 heteroatoms. The second kappa shape index (κ2) is 5.73. The van der Waals surface area contributed by atoms with Crippen molar-refractivity contribution in [3.63, 3.8) is 0 Å². The molecule has 2 N–H and O–H groups in total. The minimum atomic E-state index is -0.398. The lowest BCUT2D eigenvalue weighted by Gasteiger charge is -2.11. The van der Waals surface area contributed by atoms with Gasteiger partial charge >= 0.3 is 0 Å². The number of nitrogens with zero attached hydrogens (tertiary/aromatic N) is 2. The number of halogens is 2. The van der Waals surface area contributed by atoms with Crippen molar-refractivity contribution in [2.75, 3.05) is 0 Å². The molecule has 0 bridgehead atoms. The van der Waals surface area contributed by atoms with Gasteiger partial charge in [-0.2, -0.15) is 0 Å². The maximum atomic E-state index is 13.8. The summed E-state index contributed by atoms with van der Waals surface area (Å²) in [5, 5.41) is 4.13. The van der Waals surface area contributed by atoms with Crippen LogP contribution in [-0.4, -0.2) is 9.59 Å². The van der Waals surface area contributed by atoms with Crippen LogP contribution in [0.25, 0.3) is 0 Å². The van der Waals surface area contributed by atoms with E-state index in [-0.39, 0.29) is 11.1 Å².